The number of rotatable bonds is 6. The molecule has 1 saturated heterocycles. The molecule has 0 saturated carbocycles. The van der Waals surface area contributed by atoms with Gasteiger partial charge in [-0.15, -0.1) is 0 Å². The fourth-order valence-corrected chi connectivity index (χ4v) is 3.75. The van der Waals surface area contributed by atoms with Gasteiger partial charge in [-0.3, -0.25) is 4.79 Å². The lowest BCUT2D eigenvalue weighted by atomic mass is 9.99. The summed E-state index contributed by atoms with van der Waals surface area (Å²) in [5, 5.41) is 0. The van der Waals surface area contributed by atoms with Crippen LogP contribution >= 0.6 is 0 Å². The molecule has 4 rings (SSSR count). The molecule has 7 nitrogen and oxygen atoms in total. The molecule has 0 spiro atoms. The molecule has 0 aliphatic carbocycles. The van der Waals surface area contributed by atoms with Crippen molar-refractivity contribution in [3.8, 4) is 22.6 Å². The van der Waals surface area contributed by atoms with Gasteiger partial charge in [-0.25, -0.2) is 9.97 Å². The monoisotopic (exact) mass is 404 g/mol. The highest BCUT2D eigenvalue weighted by atomic mass is 16.5. The van der Waals surface area contributed by atoms with Gasteiger partial charge in [0.1, 0.15) is 11.5 Å². The summed E-state index contributed by atoms with van der Waals surface area (Å²) in [4.78, 5) is 23.5. The lowest BCUT2D eigenvalue weighted by Gasteiger charge is -2.26. The molecule has 3 aromatic rings. The van der Waals surface area contributed by atoms with Gasteiger partial charge in [0.05, 0.1) is 18.8 Å². The van der Waals surface area contributed by atoms with Crippen LogP contribution in [0.2, 0.25) is 0 Å². The molecule has 1 atom stereocenters. The minimum Gasteiger partial charge on any atom is -0.497 e. The molecule has 1 aliphatic heterocycles. The smallest absolute Gasteiger partial charge is 0.261 e. The maximum absolute atomic E-state index is 12.9. The minimum absolute atomic E-state index is 0.0149. The van der Waals surface area contributed by atoms with Gasteiger partial charge in [0.25, 0.3) is 5.91 Å². The van der Waals surface area contributed by atoms with Gasteiger partial charge in [-0.1, -0.05) is 30.3 Å². The van der Waals surface area contributed by atoms with E-state index in [4.69, 9.17) is 15.2 Å². The van der Waals surface area contributed by atoms with E-state index < -0.39 is 0 Å². The standard InChI is InChI=1S/C23H24N4O3/c1-29-17-11-9-16(10-12-17)19-14-25-23(24)26-22(19)20-8-5-13-27(20)21(28)15-30-18-6-3-2-4-7-18/h2-4,6-7,9-12,14,20H,5,8,13,15H2,1H3,(H2,24,25,26)/t20-/m1/s1. The maximum atomic E-state index is 12.9. The number of aromatic nitrogens is 2. The van der Waals surface area contributed by atoms with Crippen molar-refractivity contribution in [1.29, 1.82) is 0 Å². The van der Waals surface area contributed by atoms with Crippen LogP contribution in [0.25, 0.3) is 11.1 Å². The zero-order valence-electron chi connectivity index (χ0n) is 16.8. The van der Waals surface area contributed by atoms with Crippen LogP contribution in [0.4, 0.5) is 5.95 Å². The van der Waals surface area contributed by atoms with Crippen LogP contribution in [-0.4, -0.2) is 41.0 Å². The number of nitrogens with zero attached hydrogens (tertiary/aromatic N) is 3. The average Bonchev–Trinajstić information content (AvgIpc) is 3.28. The molecule has 2 heterocycles. The van der Waals surface area contributed by atoms with E-state index in [9.17, 15) is 4.79 Å². The van der Waals surface area contributed by atoms with E-state index in [1.165, 1.54) is 0 Å². The predicted molar refractivity (Wildman–Crippen MR) is 114 cm³/mol. The summed E-state index contributed by atoms with van der Waals surface area (Å²) >= 11 is 0. The Morgan fingerprint density at radius 3 is 2.63 bits per heavy atom. The first-order chi connectivity index (χ1) is 14.7. The molecule has 154 valence electrons. The number of nitrogens with two attached hydrogens (primary N) is 1. The van der Waals surface area contributed by atoms with Gasteiger partial charge in [-0.2, -0.15) is 0 Å². The third kappa shape index (κ3) is 4.20. The molecule has 1 aliphatic rings. The zero-order valence-corrected chi connectivity index (χ0v) is 16.8. The summed E-state index contributed by atoms with van der Waals surface area (Å²) in [5.74, 6) is 1.57. The average molecular weight is 404 g/mol. The van der Waals surface area contributed by atoms with E-state index in [0.29, 0.717) is 12.3 Å². The fourth-order valence-electron chi connectivity index (χ4n) is 3.75. The van der Waals surface area contributed by atoms with Crippen LogP contribution in [0, 0.1) is 0 Å². The van der Waals surface area contributed by atoms with Crippen LogP contribution in [0.5, 0.6) is 11.5 Å². The van der Waals surface area contributed by atoms with Gasteiger partial charge in [0.2, 0.25) is 5.95 Å². The molecular weight excluding hydrogens is 380 g/mol. The molecule has 1 amide bonds. The van der Waals surface area contributed by atoms with Gasteiger partial charge >= 0.3 is 0 Å². The number of hydrogen-bond acceptors (Lipinski definition) is 6. The van der Waals surface area contributed by atoms with E-state index in [0.717, 1.165) is 35.4 Å². The van der Waals surface area contributed by atoms with Crippen molar-refractivity contribution < 1.29 is 14.3 Å². The van der Waals surface area contributed by atoms with Gasteiger partial charge < -0.3 is 20.1 Å². The van der Waals surface area contributed by atoms with Crippen molar-refractivity contribution in [3.05, 3.63) is 66.5 Å². The topological polar surface area (TPSA) is 90.6 Å². The number of nitrogen functional groups attached to an aromatic ring is 1. The number of carbonyl (C=O) groups is 1. The van der Waals surface area contributed by atoms with Crippen molar-refractivity contribution in [2.24, 2.45) is 0 Å². The Hall–Kier alpha value is -3.61. The summed E-state index contributed by atoms with van der Waals surface area (Å²) in [6, 6.07) is 16.9. The van der Waals surface area contributed by atoms with Crippen LogP contribution < -0.4 is 15.2 Å². The number of likely N-dealkylation sites (tertiary alicyclic amines) is 1. The lowest BCUT2D eigenvalue weighted by Crippen LogP contribution is -2.35. The normalized spacial score (nSPS) is 15.8. The first kappa shape index (κ1) is 19.7. The van der Waals surface area contributed by atoms with Crippen molar-refractivity contribution >= 4 is 11.9 Å². The number of benzene rings is 2. The van der Waals surface area contributed by atoms with Crippen molar-refractivity contribution in [3.63, 3.8) is 0 Å². The molecule has 1 aromatic heterocycles. The number of carbonyl (C=O) groups excluding carboxylic acids is 1. The summed E-state index contributed by atoms with van der Waals surface area (Å²) in [6.45, 7) is 0.645. The van der Waals surface area contributed by atoms with E-state index in [1.807, 2.05) is 59.5 Å². The second-order valence-electron chi connectivity index (χ2n) is 7.10. The molecule has 0 unspecified atom stereocenters. The highest BCUT2D eigenvalue weighted by Gasteiger charge is 2.33. The van der Waals surface area contributed by atoms with Gasteiger partial charge in [0, 0.05) is 18.3 Å². The SMILES string of the molecule is COc1ccc(-c2cnc(N)nc2[C@H]2CCCN2C(=O)COc2ccccc2)cc1. The summed E-state index contributed by atoms with van der Waals surface area (Å²) < 4.78 is 10.9. The Bertz CT molecular complexity index is 1010. The highest BCUT2D eigenvalue weighted by Crippen LogP contribution is 2.37. The predicted octanol–water partition coefficient (Wildman–Crippen LogP) is 3.48. The molecule has 2 N–H and O–H groups in total. The van der Waals surface area contributed by atoms with Crippen LogP contribution in [0.3, 0.4) is 0 Å². The van der Waals surface area contributed by atoms with E-state index in [1.54, 1.807) is 13.3 Å². The molecule has 0 radical (unpaired) electrons. The molecule has 1 fully saturated rings. The second kappa shape index (κ2) is 8.82. The molecule has 30 heavy (non-hydrogen) atoms. The number of anilines is 1. The number of para-hydroxylation sites is 1. The minimum atomic E-state index is -0.167. The third-order valence-electron chi connectivity index (χ3n) is 5.23. The quantitative estimate of drug-likeness (QED) is 0.676. The van der Waals surface area contributed by atoms with Crippen molar-refractivity contribution in [2.45, 2.75) is 18.9 Å². The highest BCUT2D eigenvalue weighted by molar-refractivity contribution is 5.79. The summed E-state index contributed by atoms with van der Waals surface area (Å²) in [7, 11) is 1.63. The Labute approximate surface area is 175 Å². The Morgan fingerprint density at radius 1 is 1.13 bits per heavy atom. The van der Waals surface area contributed by atoms with Crippen molar-refractivity contribution in [2.75, 3.05) is 26.0 Å². The first-order valence-electron chi connectivity index (χ1n) is 9.90. The number of amides is 1. The number of hydrogen-bond donors (Lipinski definition) is 1. The molecule has 7 heteroatoms. The maximum Gasteiger partial charge on any atom is 0.261 e. The largest absolute Gasteiger partial charge is 0.497 e. The number of ether oxygens (including phenoxy) is 2. The molecular formula is C23H24N4O3. The Morgan fingerprint density at radius 2 is 1.90 bits per heavy atom. The van der Waals surface area contributed by atoms with E-state index in [-0.39, 0.29) is 24.5 Å². The summed E-state index contributed by atoms with van der Waals surface area (Å²) in [5.41, 5.74) is 8.48. The Balaban J connectivity index is 1.58. The molecule has 2 aromatic carbocycles. The number of methoxy groups -OCH3 is 1. The zero-order chi connectivity index (χ0) is 20.9. The van der Waals surface area contributed by atoms with Crippen LogP contribution in [0.15, 0.2) is 60.8 Å². The van der Waals surface area contributed by atoms with Crippen LogP contribution in [0.1, 0.15) is 24.6 Å². The van der Waals surface area contributed by atoms with E-state index >= 15 is 0 Å². The third-order valence-corrected chi connectivity index (χ3v) is 5.23. The summed E-state index contributed by atoms with van der Waals surface area (Å²) in [6.07, 6.45) is 3.44. The first-order valence-corrected chi connectivity index (χ1v) is 9.90. The fraction of sp³-hybridized carbons (Fsp3) is 0.261. The molecule has 0 bridgehead atoms. The van der Waals surface area contributed by atoms with Crippen molar-refractivity contribution in [1.82, 2.24) is 14.9 Å². The lowest BCUT2D eigenvalue weighted by molar-refractivity contribution is -0.134. The Kier molecular flexibility index (Phi) is 5.79. The van der Waals surface area contributed by atoms with E-state index in [2.05, 4.69) is 9.97 Å². The van der Waals surface area contributed by atoms with Gasteiger partial charge in [-0.05, 0) is 42.7 Å². The van der Waals surface area contributed by atoms with Gasteiger partial charge in [0.15, 0.2) is 6.61 Å². The second-order valence-corrected chi connectivity index (χ2v) is 7.10. The van der Waals surface area contributed by atoms with Crippen LogP contribution in [-0.2, 0) is 4.79 Å².